The number of aromatic nitrogens is 1. The van der Waals surface area contributed by atoms with E-state index in [1.165, 1.54) is 10.5 Å². The third kappa shape index (κ3) is 2.46. The molecule has 8 heteroatoms. The van der Waals surface area contributed by atoms with Crippen LogP contribution in [-0.2, 0) is 10.0 Å². The predicted octanol–water partition coefficient (Wildman–Crippen LogP) is -0.487. The Bertz CT molecular complexity index is 516. The van der Waals surface area contributed by atoms with Gasteiger partial charge in [-0.05, 0) is 25.0 Å². The monoisotopic (exact) mass is 272 g/mol. The minimum atomic E-state index is -3.72. The fourth-order valence-electron chi connectivity index (χ4n) is 1.78. The Morgan fingerprint density at radius 3 is 2.83 bits per heavy atom. The molecule has 0 radical (unpaired) electrons. The van der Waals surface area contributed by atoms with Crippen LogP contribution in [0.2, 0.25) is 0 Å². The van der Waals surface area contributed by atoms with Crippen LogP contribution in [0.1, 0.15) is 12.8 Å². The van der Waals surface area contributed by atoms with Crippen LogP contribution in [0.5, 0.6) is 0 Å². The molecule has 1 saturated carbocycles. The van der Waals surface area contributed by atoms with Gasteiger partial charge in [0.25, 0.3) is 10.0 Å². The van der Waals surface area contributed by atoms with Crippen molar-refractivity contribution in [3.8, 4) is 0 Å². The standard InChI is InChI=1S/C10H16N4O3S/c11-13-9-2-1-5-12-10(9)18(16,17)14(6-7-15)8-3-4-8/h1-2,5,8,13,15H,3-4,6-7,11H2. The van der Waals surface area contributed by atoms with E-state index in [0.29, 0.717) is 0 Å². The van der Waals surface area contributed by atoms with Gasteiger partial charge in [-0.1, -0.05) is 0 Å². The summed E-state index contributed by atoms with van der Waals surface area (Å²) in [6.07, 6.45) is 3.03. The summed E-state index contributed by atoms with van der Waals surface area (Å²) in [5.41, 5.74) is 2.58. The first-order valence-electron chi connectivity index (χ1n) is 5.65. The molecule has 0 aromatic carbocycles. The van der Waals surface area contributed by atoms with Gasteiger partial charge in [0.05, 0.1) is 12.3 Å². The highest BCUT2D eigenvalue weighted by molar-refractivity contribution is 7.89. The first-order valence-corrected chi connectivity index (χ1v) is 7.09. The zero-order valence-corrected chi connectivity index (χ0v) is 10.6. The molecule has 7 nitrogen and oxygen atoms in total. The summed E-state index contributed by atoms with van der Waals surface area (Å²) in [6.45, 7) is -0.137. The topological polar surface area (TPSA) is 109 Å². The number of nitrogens with one attached hydrogen (secondary N) is 1. The van der Waals surface area contributed by atoms with Gasteiger partial charge in [-0.25, -0.2) is 13.4 Å². The van der Waals surface area contributed by atoms with Gasteiger partial charge in [-0.2, -0.15) is 4.31 Å². The number of hydrogen-bond donors (Lipinski definition) is 3. The van der Waals surface area contributed by atoms with Crippen LogP contribution in [0.25, 0.3) is 0 Å². The van der Waals surface area contributed by atoms with Crippen molar-refractivity contribution >= 4 is 15.7 Å². The van der Waals surface area contributed by atoms with E-state index in [2.05, 4.69) is 10.4 Å². The molecule has 0 atom stereocenters. The van der Waals surface area contributed by atoms with Crippen molar-refractivity contribution in [1.29, 1.82) is 0 Å². The lowest BCUT2D eigenvalue weighted by Gasteiger charge is -2.21. The van der Waals surface area contributed by atoms with Crippen LogP contribution in [0.4, 0.5) is 5.69 Å². The molecule has 100 valence electrons. The summed E-state index contributed by atoms with van der Waals surface area (Å²) in [6, 6.07) is 3.11. The van der Waals surface area contributed by atoms with Crippen molar-refractivity contribution in [2.24, 2.45) is 5.84 Å². The molecule has 1 heterocycles. The molecule has 1 fully saturated rings. The molecule has 2 rings (SSSR count). The number of nitrogens with zero attached hydrogens (tertiary/aromatic N) is 2. The number of aliphatic hydroxyl groups is 1. The number of sulfonamides is 1. The molecule has 0 spiro atoms. The van der Waals surface area contributed by atoms with Crippen molar-refractivity contribution in [3.05, 3.63) is 18.3 Å². The first-order chi connectivity index (χ1) is 8.61. The van der Waals surface area contributed by atoms with Crippen LogP contribution in [0, 0.1) is 0 Å². The molecule has 0 bridgehead atoms. The normalized spacial score (nSPS) is 15.9. The molecule has 0 aliphatic heterocycles. The lowest BCUT2D eigenvalue weighted by atomic mass is 10.4. The smallest absolute Gasteiger partial charge is 0.263 e. The van der Waals surface area contributed by atoms with Gasteiger partial charge in [0, 0.05) is 18.8 Å². The van der Waals surface area contributed by atoms with Crippen molar-refractivity contribution in [2.45, 2.75) is 23.9 Å². The van der Waals surface area contributed by atoms with Crippen molar-refractivity contribution < 1.29 is 13.5 Å². The van der Waals surface area contributed by atoms with E-state index in [1.807, 2.05) is 0 Å². The summed E-state index contributed by atoms with van der Waals surface area (Å²) < 4.78 is 26.2. The van der Waals surface area contributed by atoms with Gasteiger partial charge in [-0.15, -0.1) is 0 Å². The predicted molar refractivity (Wildman–Crippen MR) is 66.0 cm³/mol. The lowest BCUT2D eigenvalue weighted by molar-refractivity contribution is 0.250. The molecule has 4 N–H and O–H groups in total. The number of nitrogens with two attached hydrogens (primary N) is 1. The van der Waals surface area contributed by atoms with Gasteiger partial charge in [0.1, 0.15) is 0 Å². The summed E-state index contributed by atoms with van der Waals surface area (Å²) in [5, 5.41) is 8.88. The molecule has 1 aromatic rings. The van der Waals surface area contributed by atoms with Gasteiger partial charge in [0.15, 0.2) is 5.03 Å². The number of hydrazine groups is 1. The minimum absolute atomic E-state index is 0.0326. The molecule has 1 aromatic heterocycles. The largest absolute Gasteiger partial charge is 0.395 e. The molecule has 0 unspecified atom stereocenters. The van der Waals surface area contributed by atoms with E-state index in [0.717, 1.165) is 12.8 Å². The highest BCUT2D eigenvalue weighted by Gasteiger charge is 2.39. The van der Waals surface area contributed by atoms with Gasteiger partial charge < -0.3 is 10.5 Å². The second-order valence-electron chi connectivity index (χ2n) is 4.07. The second-order valence-corrected chi connectivity index (χ2v) is 5.88. The van der Waals surface area contributed by atoms with Crippen LogP contribution in [0.15, 0.2) is 23.4 Å². The first kappa shape index (κ1) is 13.2. The number of aliphatic hydroxyl groups excluding tert-OH is 1. The number of anilines is 1. The summed E-state index contributed by atoms with van der Waals surface area (Å²) in [7, 11) is -3.72. The van der Waals surface area contributed by atoms with Crippen LogP contribution < -0.4 is 11.3 Å². The van der Waals surface area contributed by atoms with E-state index >= 15 is 0 Å². The summed E-state index contributed by atoms with van der Waals surface area (Å²) >= 11 is 0. The summed E-state index contributed by atoms with van der Waals surface area (Å²) in [5.74, 6) is 5.29. The maximum Gasteiger partial charge on any atom is 0.263 e. The highest BCUT2D eigenvalue weighted by Crippen LogP contribution is 2.32. The highest BCUT2D eigenvalue weighted by atomic mass is 32.2. The van der Waals surface area contributed by atoms with E-state index in [-0.39, 0.29) is 29.9 Å². The average molecular weight is 272 g/mol. The van der Waals surface area contributed by atoms with E-state index < -0.39 is 10.0 Å². The molecule has 0 saturated heterocycles. The number of hydrogen-bond acceptors (Lipinski definition) is 6. The average Bonchev–Trinajstić information content (AvgIpc) is 3.19. The molecule has 18 heavy (non-hydrogen) atoms. The summed E-state index contributed by atoms with van der Waals surface area (Å²) in [4.78, 5) is 3.88. The Labute approximate surface area is 106 Å². The fourth-order valence-corrected chi connectivity index (χ4v) is 3.52. The SMILES string of the molecule is NNc1cccnc1S(=O)(=O)N(CCO)C1CC1. The maximum atomic E-state index is 12.4. The third-order valence-corrected chi connectivity index (χ3v) is 4.67. The van der Waals surface area contributed by atoms with Gasteiger partial charge in [-0.3, -0.25) is 5.84 Å². The Kier molecular flexibility index (Phi) is 3.81. The number of pyridine rings is 1. The molecular weight excluding hydrogens is 256 g/mol. The fraction of sp³-hybridized carbons (Fsp3) is 0.500. The Hall–Kier alpha value is -1.22. The zero-order valence-electron chi connectivity index (χ0n) is 9.78. The quantitative estimate of drug-likeness (QED) is 0.476. The number of rotatable bonds is 6. The zero-order chi connectivity index (χ0) is 13.2. The number of nitrogen functional groups attached to an aromatic ring is 1. The van der Waals surface area contributed by atoms with Crippen molar-refractivity contribution in [3.63, 3.8) is 0 Å². The minimum Gasteiger partial charge on any atom is -0.395 e. The Morgan fingerprint density at radius 2 is 2.28 bits per heavy atom. The van der Waals surface area contributed by atoms with E-state index in [1.54, 1.807) is 12.1 Å². The van der Waals surface area contributed by atoms with Crippen molar-refractivity contribution in [1.82, 2.24) is 9.29 Å². The van der Waals surface area contributed by atoms with Gasteiger partial charge >= 0.3 is 0 Å². The van der Waals surface area contributed by atoms with Crippen LogP contribution in [-0.4, -0.2) is 42.0 Å². The van der Waals surface area contributed by atoms with Crippen molar-refractivity contribution in [2.75, 3.05) is 18.6 Å². The molecular formula is C10H16N4O3S. The molecule has 1 aliphatic rings. The second kappa shape index (κ2) is 5.19. The van der Waals surface area contributed by atoms with E-state index in [4.69, 9.17) is 10.9 Å². The van der Waals surface area contributed by atoms with Gasteiger partial charge in [0.2, 0.25) is 0 Å². The van der Waals surface area contributed by atoms with Crippen LogP contribution in [0.3, 0.4) is 0 Å². The Morgan fingerprint density at radius 1 is 1.56 bits per heavy atom. The third-order valence-electron chi connectivity index (χ3n) is 2.75. The van der Waals surface area contributed by atoms with Crippen LogP contribution >= 0.6 is 0 Å². The maximum absolute atomic E-state index is 12.4. The Balaban J connectivity index is 2.39. The molecule has 1 aliphatic carbocycles. The lowest BCUT2D eigenvalue weighted by Crippen LogP contribution is -2.36. The van der Waals surface area contributed by atoms with E-state index in [9.17, 15) is 8.42 Å². The molecule has 0 amide bonds.